The quantitative estimate of drug-likeness (QED) is 0.315. The summed E-state index contributed by atoms with van der Waals surface area (Å²) in [6.07, 6.45) is -20.4. The van der Waals surface area contributed by atoms with Crippen LogP contribution in [-0.4, -0.2) is 57.9 Å². The van der Waals surface area contributed by atoms with Crippen LogP contribution in [0.15, 0.2) is 33.5 Å². The lowest BCUT2D eigenvalue weighted by molar-refractivity contribution is -0.137. The molecular weight excluding hydrogens is 688 g/mol. The molecule has 1 atom stereocenters. The van der Waals surface area contributed by atoms with Gasteiger partial charge in [-0.1, -0.05) is 30.1 Å². The first kappa shape index (κ1) is 37.2. The molecule has 1 aromatic carbocycles. The maximum atomic E-state index is 14.6. The summed E-state index contributed by atoms with van der Waals surface area (Å²) < 4.78 is 137. The molecule has 2 aliphatic heterocycles. The molecule has 0 saturated heterocycles. The average Bonchev–Trinajstić information content (AvgIpc) is 3.14. The molecule has 1 N–H and O–H groups in total. The van der Waals surface area contributed by atoms with Gasteiger partial charge in [-0.05, 0) is 60.1 Å². The summed E-state index contributed by atoms with van der Waals surface area (Å²) in [7, 11) is 0. The number of nitrogens with one attached hydrogen (secondary N) is 1. The summed E-state index contributed by atoms with van der Waals surface area (Å²) in [6, 6.07) is 0.642. The van der Waals surface area contributed by atoms with Crippen LogP contribution in [0.5, 0.6) is 0 Å². The smallest absolute Gasteiger partial charge is 0.443 e. The first-order valence-corrected chi connectivity index (χ1v) is 13.8. The normalized spacial score (nSPS) is 19.5. The van der Waals surface area contributed by atoms with E-state index in [1.165, 1.54) is 41.5 Å². The summed E-state index contributed by atoms with van der Waals surface area (Å²) in [6.45, 7) is 9.04. The molecule has 1 unspecified atom stereocenters. The predicted octanol–water partition coefficient (Wildman–Crippen LogP) is 8.80. The first-order chi connectivity index (χ1) is 20.5. The maximum Gasteiger partial charge on any atom is 0.451 e. The molecule has 0 spiro atoms. The van der Waals surface area contributed by atoms with E-state index in [9.17, 15) is 49.1 Å². The molecule has 2 aliphatic rings. The Morgan fingerprint density at radius 3 is 1.65 bits per heavy atom. The molecule has 0 aromatic heterocycles. The molecule has 1 aromatic rings. The third-order valence-electron chi connectivity index (χ3n) is 5.86. The van der Waals surface area contributed by atoms with Crippen molar-refractivity contribution in [1.29, 1.82) is 0 Å². The molecule has 0 radical (unpaired) electrons. The third-order valence-corrected chi connectivity index (χ3v) is 6.44. The average molecular weight is 714 g/mol. The number of nitrogens with zero attached hydrogens (tertiary/aromatic N) is 4. The fourth-order valence-corrected chi connectivity index (χ4v) is 4.84. The molecule has 46 heavy (non-hydrogen) atoms. The van der Waals surface area contributed by atoms with Crippen molar-refractivity contribution in [3.05, 3.63) is 39.1 Å². The van der Waals surface area contributed by atoms with Crippen LogP contribution in [0, 0.1) is 0 Å². The molecule has 0 aliphatic carbocycles. The number of aliphatic imine (C=N–C) groups is 2. The number of rotatable bonds is 3. The minimum atomic E-state index is -5.70. The Kier molecular flexibility index (Phi) is 9.52. The number of hydrogen-bond donors (Lipinski definition) is 1. The largest absolute Gasteiger partial charge is 0.451 e. The molecule has 0 bridgehead atoms. The number of halogens is 11. The highest BCUT2D eigenvalue weighted by Gasteiger charge is 2.60. The molecule has 2 amide bonds. The maximum absolute atomic E-state index is 14.6. The zero-order valence-corrected chi connectivity index (χ0v) is 26.5. The Labute approximate surface area is 266 Å². The number of hydrogen-bond acceptors (Lipinski definition) is 8. The number of amidine groups is 1. The Morgan fingerprint density at radius 1 is 0.848 bits per heavy atom. The van der Waals surface area contributed by atoms with Crippen LogP contribution in [0.1, 0.15) is 60.5 Å². The fourth-order valence-electron chi connectivity index (χ4n) is 4.19. The summed E-state index contributed by atoms with van der Waals surface area (Å²) in [4.78, 5) is 33.3. The van der Waals surface area contributed by atoms with Crippen molar-refractivity contribution in [1.82, 2.24) is 10.3 Å². The Balaban J connectivity index is 2.58. The molecular formula is C26H26Cl2F9N5O4. The Morgan fingerprint density at radius 2 is 1.30 bits per heavy atom. The van der Waals surface area contributed by atoms with Gasteiger partial charge in [-0.3, -0.25) is 5.01 Å². The molecule has 256 valence electrons. The SMILES string of the molecule is CCC12N=C(C(F)(F)F)N=C(C(F)(F)F)C1=C(N(C(=O)OC(C)(C)C)C(=O)OC(C)(C)C)N(c1c(Cl)cc(C(F)(F)F)cc1Cl)N2. The number of carbonyl (C=O) groups is 2. The molecule has 0 saturated carbocycles. The van der Waals surface area contributed by atoms with Crippen LogP contribution in [0.25, 0.3) is 0 Å². The van der Waals surface area contributed by atoms with Gasteiger partial charge in [0.15, 0.2) is 17.2 Å². The van der Waals surface area contributed by atoms with Crippen molar-refractivity contribution < 1.29 is 58.6 Å². The Bertz CT molecular complexity index is 1470. The van der Waals surface area contributed by atoms with Crippen molar-refractivity contribution in [2.45, 2.75) is 90.3 Å². The zero-order valence-electron chi connectivity index (χ0n) is 24.9. The lowest BCUT2D eigenvalue weighted by Gasteiger charge is -2.34. The van der Waals surface area contributed by atoms with E-state index in [0.29, 0.717) is 17.1 Å². The second-order valence-corrected chi connectivity index (χ2v) is 12.6. The monoisotopic (exact) mass is 713 g/mol. The zero-order chi connectivity index (χ0) is 35.6. The fraction of sp³-hybridized carbons (Fsp3) is 0.538. The van der Waals surface area contributed by atoms with Crippen molar-refractivity contribution in [2.75, 3.05) is 5.01 Å². The van der Waals surface area contributed by atoms with Gasteiger partial charge in [0, 0.05) is 0 Å². The van der Waals surface area contributed by atoms with E-state index in [0.717, 1.165) is 6.92 Å². The van der Waals surface area contributed by atoms with Crippen molar-refractivity contribution in [3.63, 3.8) is 0 Å². The number of amides is 2. The van der Waals surface area contributed by atoms with Gasteiger partial charge in [0.25, 0.3) is 0 Å². The van der Waals surface area contributed by atoms with Crippen LogP contribution in [-0.2, 0) is 15.7 Å². The van der Waals surface area contributed by atoms with Gasteiger partial charge in [0.05, 0.1) is 26.9 Å². The van der Waals surface area contributed by atoms with E-state index >= 15 is 0 Å². The van der Waals surface area contributed by atoms with Gasteiger partial charge < -0.3 is 9.47 Å². The number of fused-ring (bicyclic) bond motifs is 1. The summed E-state index contributed by atoms with van der Waals surface area (Å²) >= 11 is 12.3. The summed E-state index contributed by atoms with van der Waals surface area (Å²) in [5, 5.41) is -1.47. The van der Waals surface area contributed by atoms with Crippen LogP contribution < -0.4 is 10.4 Å². The van der Waals surface area contributed by atoms with Crippen LogP contribution in [0.3, 0.4) is 0 Å². The van der Waals surface area contributed by atoms with Gasteiger partial charge in [-0.2, -0.15) is 49.8 Å². The highest BCUT2D eigenvalue weighted by atomic mass is 35.5. The molecule has 2 heterocycles. The van der Waals surface area contributed by atoms with E-state index in [1.807, 2.05) is 0 Å². The van der Waals surface area contributed by atoms with Gasteiger partial charge >= 0.3 is 30.7 Å². The standard InChI is InChI=1S/C26H26Cl2F9N5O4/c1-8-23-14(16(25(32,33)34)38-18(39-23)26(35,36)37)17(41(19(43)45-21(2,3)4)20(44)46-22(5,6)7)42(40-23)15-12(27)9-11(10-13(15)28)24(29,30)31/h9-10,40H,8H2,1-7H3. The number of hydrazine groups is 1. The van der Waals surface area contributed by atoms with Crippen molar-refractivity contribution >= 4 is 52.6 Å². The van der Waals surface area contributed by atoms with Gasteiger partial charge in [0.1, 0.15) is 11.2 Å². The lowest BCUT2D eigenvalue weighted by Crippen LogP contribution is -2.53. The highest BCUT2D eigenvalue weighted by Crippen LogP contribution is 2.49. The molecule has 0 fully saturated rings. The Hall–Kier alpha value is -3.25. The van der Waals surface area contributed by atoms with Gasteiger partial charge in [-0.25, -0.2) is 19.6 Å². The molecule has 20 heteroatoms. The summed E-state index contributed by atoms with van der Waals surface area (Å²) in [5.74, 6) is -3.50. The van der Waals surface area contributed by atoms with Crippen LogP contribution in [0.2, 0.25) is 10.0 Å². The number of ether oxygens (including phenoxy) is 2. The van der Waals surface area contributed by atoms with Crippen LogP contribution >= 0.6 is 23.2 Å². The number of benzene rings is 1. The van der Waals surface area contributed by atoms with Gasteiger partial charge in [-0.15, -0.1) is 0 Å². The van der Waals surface area contributed by atoms with E-state index in [2.05, 4.69) is 15.4 Å². The first-order valence-electron chi connectivity index (χ1n) is 13.0. The molecule has 3 rings (SSSR count). The van der Waals surface area contributed by atoms with E-state index in [-0.39, 0.29) is 4.90 Å². The van der Waals surface area contributed by atoms with E-state index in [1.54, 1.807) is 0 Å². The predicted molar refractivity (Wildman–Crippen MR) is 148 cm³/mol. The highest BCUT2D eigenvalue weighted by molar-refractivity contribution is 6.39. The second kappa shape index (κ2) is 11.8. The van der Waals surface area contributed by atoms with Crippen LogP contribution in [0.4, 0.5) is 54.8 Å². The number of anilines is 1. The topological polar surface area (TPSA) is 95.8 Å². The lowest BCUT2D eigenvalue weighted by atomic mass is 9.92. The van der Waals surface area contributed by atoms with Crippen molar-refractivity contribution in [3.8, 4) is 0 Å². The van der Waals surface area contributed by atoms with Crippen molar-refractivity contribution in [2.24, 2.45) is 9.98 Å². The second-order valence-electron chi connectivity index (χ2n) is 11.8. The minimum absolute atomic E-state index is 0.0874. The number of imide groups is 1. The van der Waals surface area contributed by atoms with E-state index < -0.39 is 98.2 Å². The van der Waals surface area contributed by atoms with Gasteiger partial charge in [0.2, 0.25) is 5.84 Å². The summed E-state index contributed by atoms with van der Waals surface area (Å²) in [5.41, 5.74) is -9.19. The third kappa shape index (κ3) is 7.65. The number of alkyl halides is 9. The molecule has 9 nitrogen and oxygen atoms in total. The number of carbonyl (C=O) groups excluding carboxylic acids is 2. The van der Waals surface area contributed by atoms with E-state index in [4.69, 9.17) is 32.7 Å². The minimum Gasteiger partial charge on any atom is -0.443 e.